The zero-order chi connectivity index (χ0) is 17.8. The molecule has 1 N–H and O–H groups in total. The standard InChI is InChI=1S/C21H27N3O/c1-15(2)21(19-7-4-5-13-22-19)23-16(3)17-9-11-18(12-10-17)24-14-6-8-20(24)25/h4-5,7,9-13,15-16,21,23H,6,8,14H2,1-3H3. The van der Waals surface area contributed by atoms with Crippen molar-refractivity contribution in [3.8, 4) is 0 Å². The first-order chi connectivity index (χ1) is 12.1. The molecule has 0 radical (unpaired) electrons. The lowest BCUT2D eigenvalue weighted by Gasteiger charge is -2.26. The number of hydrogen-bond donors (Lipinski definition) is 1. The minimum absolute atomic E-state index is 0.205. The molecule has 1 aliphatic rings. The average Bonchev–Trinajstić information content (AvgIpc) is 3.06. The molecule has 1 saturated heterocycles. The van der Waals surface area contributed by atoms with Crippen LogP contribution in [0.3, 0.4) is 0 Å². The summed E-state index contributed by atoms with van der Waals surface area (Å²) in [5, 5.41) is 3.70. The SMILES string of the molecule is CC(NC(c1ccccn1)C(C)C)c1ccc(N2CCCC2=O)cc1. The highest BCUT2D eigenvalue weighted by atomic mass is 16.2. The molecule has 1 aromatic heterocycles. The fourth-order valence-corrected chi connectivity index (χ4v) is 3.41. The number of carbonyl (C=O) groups excluding carboxylic acids is 1. The minimum Gasteiger partial charge on any atom is -0.312 e. The van der Waals surface area contributed by atoms with Crippen molar-refractivity contribution >= 4 is 11.6 Å². The van der Waals surface area contributed by atoms with Crippen molar-refractivity contribution in [1.29, 1.82) is 0 Å². The quantitative estimate of drug-likeness (QED) is 0.857. The summed E-state index contributed by atoms with van der Waals surface area (Å²) in [7, 11) is 0. The number of hydrogen-bond acceptors (Lipinski definition) is 3. The molecule has 0 saturated carbocycles. The van der Waals surface area contributed by atoms with Gasteiger partial charge in [0.15, 0.2) is 0 Å². The van der Waals surface area contributed by atoms with Gasteiger partial charge in [-0.3, -0.25) is 9.78 Å². The van der Waals surface area contributed by atoms with Gasteiger partial charge < -0.3 is 10.2 Å². The average molecular weight is 337 g/mol. The number of carbonyl (C=O) groups is 1. The Kier molecular flexibility index (Phi) is 5.49. The van der Waals surface area contributed by atoms with Gasteiger partial charge in [0.1, 0.15) is 0 Å². The number of benzene rings is 1. The summed E-state index contributed by atoms with van der Waals surface area (Å²) in [6, 6.07) is 14.8. The van der Waals surface area contributed by atoms with E-state index in [9.17, 15) is 4.79 Å². The Bertz CT molecular complexity index is 697. The molecule has 4 heteroatoms. The van der Waals surface area contributed by atoms with Gasteiger partial charge in [0.05, 0.1) is 11.7 Å². The number of rotatable bonds is 6. The van der Waals surface area contributed by atoms with Crippen molar-refractivity contribution in [2.75, 3.05) is 11.4 Å². The number of nitrogens with zero attached hydrogens (tertiary/aromatic N) is 2. The molecule has 0 aliphatic carbocycles. The first kappa shape index (κ1) is 17.6. The molecule has 1 aliphatic heterocycles. The highest BCUT2D eigenvalue weighted by Gasteiger charge is 2.22. The second-order valence-electron chi connectivity index (χ2n) is 7.11. The van der Waals surface area contributed by atoms with E-state index in [4.69, 9.17) is 0 Å². The lowest BCUT2D eigenvalue weighted by Crippen LogP contribution is -2.29. The Morgan fingerprint density at radius 1 is 1.08 bits per heavy atom. The van der Waals surface area contributed by atoms with Crippen LogP contribution in [0.15, 0.2) is 48.7 Å². The lowest BCUT2D eigenvalue weighted by atomic mass is 9.97. The first-order valence-electron chi connectivity index (χ1n) is 9.13. The second kappa shape index (κ2) is 7.79. The third-order valence-electron chi connectivity index (χ3n) is 4.88. The Balaban J connectivity index is 1.71. The van der Waals surface area contributed by atoms with Gasteiger partial charge in [-0.1, -0.05) is 32.0 Å². The van der Waals surface area contributed by atoms with E-state index < -0.39 is 0 Å². The molecule has 2 heterocycles. The topological polar surface area (TPSA) is 45.2 Å². The molecule has 1 aromatic carbocycles. The van der Waals surface area contributed by atoms with Crippen LogP contribution in [0.25, 0.3) is 0 Å². The van der Waals surface area contributed by atoms with Crippen molar-refractivity contribution in [3.63, 3.8) is 0 Å². The zero-order valence-corrected chi connectivity index (χ0v) is 15.3. The largest absolute Gasteiger partial charge is 0.312 e. The number of anilines is 1. The third kappa shape index (κ3) is 4.07. The van der Waals surface area contributed by atoms with Gasteiger partial charge in [-0.25, -0.2) is 0 Å². The van der Waals surface area contributed by atoms with Crippen molar-refractivity contribution in [1.82, 2.24) is 10.3 Å². The van der Waals surface area contributed by atoms with E-state index in [1.165, 1.54) is 5.56 Å². The maximum Gasteiger partial charge on any atom is 0.227 e. The Labute approximate surface area is 150 Å². The highest BCUT2D eigenvalue weighted by Crippen LogP contribution is 2.27. The van der Waals surface area contributed by atoms with E-state index in [0.29, 0.717) is 12.3 Å². The van der Waals surface area contributed by atoms with E-state index in [0.717, 1.165) is 24.3 Å². The minimum atomic E-state index is 0.205. The summed E-state index contributed by atoms with van der Waals surface area (Å²) >= 11 is 0. The van der Waals surface area contributed by atoms with E-state index in [2.05, 4.69) is 61.4 Å². The van der Waals surface area contributed by atoms with Crippen LogP contribution in [0.2, 0.25) is 0 Å². The summed E-state index contributed by atoms with van der Waals surface area (Å²) in [4.78, 5) is 18.3. The monoisotopic (exact) mass is 337 g/mol. The smallest absolute Gasteiger partial charge is 0.227 e. The molecule has 1 amide bonds. The van der Waals surface area contributed by atoms with Crippen LogP contribution in [0.1, 0.15) is 57.0 Å². The molecule has 1 fully saturated rings. The maximum atomic E-state index is 11.9. The number of amides is 1. The van der Waals surface area contributed by atoms with Gasteiger partial charge in [-0.15, -0.1) is 0 Å². The van der Waals surface area contributed by atoms with E-state index >= 15 is 0 Å². The van der Waals surface area contributed by atoms with Gasteiger partial charge in [0.2, 0.25) is 5.91 Å². The van der Waals surface area contributed by atoms with Crippen LogP contribution in [0, 0.1) is 5.92 Å². The zero-order valence-electron chi connectivity index (χ0n) is 15.3. The second-order valence-corrected chi connectivity index (χ2v) is 7.11. The van der Waals surface area contributed by atoms with Crippen molar-refractivity contribution in [3.05, 3.63) is 59.9 Å². The molecule has 25 heavy (non-hydrogen) atoms. The molecular weight excluding hydrogens is 310 g/mol. The molecule has 2 unspecified atom stereocenters. The summed E-state index contributed by atoms with van der Waals surface area (Å²) in [5.74, 6) is 0.674. The van der Waals surface area contributed by atoms with E-state index in [1.807, 2.05) is 23.2 Å². The van der Waals surface area contributed by atoms with Gasteiger partial charge in [-0.2, -0.15) is 0 Å². The molecule has 3 rings (SSSR count). The summed E-state index contributed by atoms with van der Waals surface area (Å²) < 4.78 is 0. The van der Waals surface area contributed by atoms with E-state index in [1.54, 1.807) is 0 Å². The van der Waals surface area contributed by atoms with Crippen molar-refractivity contribution in [2.45, 2.75) is 45.7 Å². The van der Waals surface area contributed by atoms with Crippen LogP contribution in [0.4, 0.5) is 5.69 Å². The molecule has 2 aromatic rings. The van der Waals surface area contributed by atoms with Crippen LogP contribution < -0.4 is 10.2 Å². The number of aromatic nitrogens is 1. The maximum absolute atomic E-state index is 11.9. The van der Waals surface area contributed by atoms with Gasteiger partial charge in [0, 0.05) is 30.9 Å². The fourth-order valence-electron chi connectivity index (χ4n) is 3.41. The molecule has 132 valence electrons. The van der Waals surface area contributed by atoms with Crippen molar-refractivity contribution < 1.29 is 4.79 Å². The summed E-state index contributed by atoms with van der Waals surface area (Å²) in [5.41, 5.74) is 3.30. The third-order valence-corrected chi connectivity index (χ3v) is 4.88. The normalized spacial score (nSPS) is 17.1. The Hall–Kier alpha value is -2.20. The molecule has 4 nitrogen and oxygen atoms in total. The first-order valence-corrected chi connectivity index (χ1v) is 9.13. The summed E-state index contributed by atoms with van der Waals surface area (Å²) in [6.07, 6.45) is 3.47. The lowest BCUT2D eigenvalue weighted by molar-refractivity contribution is -0.117. The van der Waals surface area contributed by atoms with E-state index in [-0.39, 0.29) is 18.0 Å². The van der Waals surface area contributed by atoms with Gasteiger partial charge >= 0.3 is 0 Å². The highest BCUT2D eigenvalue weighted by molar-refractivity contribution is 5.95. The molecule has 0 bridgehead atoms. The van der Waals surface area contributed by atoms with Crippen LogP contribution in [-0.4, -0.2) is 17.4 Å². The summed E-state index contributed by atoms with van der Waals surface area (Å²) in [6.45, 7) is 7.43. The molecular formula is C21H27N3O. The van der Waals surface area contributed by atoms with Gasteiger partial charge in [-0.05, 0) is 49.1 Å². The number of pyridine rings is 1. The molecule has 2 atom stereocenters. The van der Waals surface area contributed by atoms with Crippen molar-refractivity contribution in [2.24, 2.45) is 5.92 Å². The predicted octanol–water partition coefficient (Wildman–Crippen LogP) is 4.26. The van der Waals surface area contributed by atoms with Crippen LogP contribution >= 0.6 is 0 Å². The molecule has 0 spiro atoms. The van der Waals surface area contributed by atoms with Crippen LogP contribution in [-0.2, 0) is 4.79 Å². The number of nitrogens with one attached hydrogen (secondary N) is 1. The van der Waals surface area contributed by atoms with Gasteiger partial charge in [0.25, 0.3) is 0 Å². The predicted molar refractivity (Wildman–Crippen MR) is 101 cm³/mol. The Morgan fingerprint density at radius 2 is 1.84 bits per heavy atom. The Morgan fingerprint density at radius 3 is 2.40 bits per heavy atom. The van der Waals surface area contributed by atoms with Crippen LogP contribution in [0.5, 0.6) is 0 Å². The fraction of sp³-hybridized carbons (Fsp3) is 0.429.